The summed E-state index contributed by atoms with van der Waals surface area (Å²) in [6, 6.07) is 6.35. The van der Waals surface area contributed by atoms with Crippen LogP contribution in [-0.4, -0.2) is 38.3 Å². The summed E-state index contributed by atoms with van der Waals surface area (Å²) in [4.78, 5) is 12.0. The lowest BCUT2D eigenvalue weighted by Gasteiger charge is -2.28. The SMILES string of the molecule is C=CCc1ccc(OCC(=O)NC2CCNC(C)C2)c(OC)c1. The van der Waals surface area contributed by atoms with Gasteiger partial charge in [0, 0.05) is 12.1 Å². The molecule has 0 bridgehead atoms. The number of carbonyl (C=O) groups excluding carboxylic acids is 1. The molecule has 1 fully saturated rings. The van der Waals surface area contributed by atoms with Gasteiger partial charge in [-0.1, -0.05) is 12.1 Å². The Hall–Kier alpha value is -2.01. The second-order valence-corrected chi connectivity index (χ2v) is 5.91. The number of hydrogen-bond donors (Lipinski definition) is 2. The molecule has 2 N–H and O–H groups in total. The predicted octanol–water partition coefficient (Wildman–Crippen LogP) is 2.06. The van der Waals surface area contributed by atoms with Crippen LogP contribution in [0.25, 0.3) is 0 Å². The Kier molecular flexibility index (Phi) is 6.47. The zero-order valence-corrected chi connectivity index (χ0v) is 13.9. The van der Waals surface area contributed by atoms with Gasteiger partial charge >= 0.3 is 0 Å². The zero-order chi connectivity index (χ0) is 16.7. The first-order valence-electron chi connectivity index (χ1n) is 8.05. The second kappa shape index (κ2) is 8.58. The molecule has 1 amide bonds. The van der Waals surface area contributed by atoms with Gasteiger partial charge in [0.25, 0.3) is 5.91 Å². The minimum Gasteiger partial charge on any atom is -0.493 e. The van der Waals surface area contributed by atoms with Crippen molar-refractivity contribution >= 4 is 5.91 Å². The fourth-order valence-corrected chi connectivity index (χ4v) is 2.80. The van der Waals surface area contributed by atoms with Crippen LogP contribution in [0.2, 0.25) is 0 Å². The Morgan fingerprint density at radius 3 is 3.00 bits per heavy atom. The smallest absolute Gasteiger partial charge is 0.258 e. The van der Waals surface area contributed by atoms with E-state index in [9.17, 15) is 4.79 Å². The number of nitrogens with one attached hydrogen (secondary N) is 2. The van der Waals surface area contributed by atoms with Gasteiger partial charge in [-0.05, 0) is 50.4 Å². The topological polar surface area (TPSA) is 59.6 Å². The molecule has 1 aliphatic rings. The van der Waals surface area contributed by atoms with Gasteiger partial charge in [-0.25, -0.2) is 0 Å². The average Bonchev–Trinajstić information content (AvgIpc) is 2.54. The number of methoxy groups -OCH3 is 1. The van der Waals surface area contributed by atoms with Crippen molar-refractivity contribution in [2.45, 2.75) is 38.3 Å². The van der Waals surface area contributed by atoms with Gasteiger partial charge in [-0.15, -0.1) is 6.58 Å². The van der Waals surface area contributed by atoms with Gasteiger partial charge in [0.15, 0.2) is 18.1 Å². The third kappa shape index (κ3) is 5.28. The van der Waals surface area contributed by atoms with Crippen LogP contribution in [0.5, 0.6) is 11.5 Å². The lowest BCUT2D eigenvalue weighted by molar-refractivity contribution is -0.124. The highest BCUT2D eigenvalue weighted by Gasteiger charge is 2.20. The van der Waals surface area contributed by atoms with E-state index in [2.05, 4.69) is 24.1 Å². The molecule has 2 unspecified atom stereocenters. The molecule has 0 saturated carbocycles. The summed E-state index contributed by atoms with van der Waals surface area (Å²) < 4.78 is 10.9. The molecule has 0 aromatic heterocycles. The molecule has 1 aromatic rings. The van der Waals surface area contributed by atoms with E-state index < -0.39 is 0 Å². The molecule has 0 spiro atoms. The summed E-state index contributed by atoms with van der Waals surface area (Å²) in [5, 5.41) is 6.40. The maximum atomic E-state index is 12.0. The van der Waals surface area contributed by atoms with Crippen molar-refractivity contribution in [2.75, 3.05) is 20.3 Å². The highest BCUT2D eigenvalue weighted by molar-refractivity contribution is 5.78. The maximum absolute atomic E-state index is 12.0. The van der Waals surface area contributed by atoms with Crippen LogP contribution in [0, 0.1) is 0 Å². The molecular formula is C18H26N2O3. The second-order valence-electron chi connectivity index (χ2n) is 5.91. The molecule has 1 aliphatic heterocycles. The fraction of sp³-hybridized carbons (Fsp3) is 0.500. The number of piperidine rings is 1. The van der Waals surface area contributed by atoms with Crippen molar-refractivity contribution in [1.82, 2.24) is 10.6 Å². The highest BCUT2D eigenvalue weighted by atomic mass is 16.5. The van der Waals surface area contributed by atoms with E-state index in [4.69, 9.17) is 9.47 Å². The van der Waals surface area contributed by atoms with Gasteiger partial charge < -0.3 is 20.1 Å². The van der Waals surface area contributed by atoms with Crippen LogP contribution in [0.3, 0.4) is 0 Å². The van der Waals surface area contributed by atoms with Crippen LogP contribution in [0.1, 0.15) is 25.3 Å². The van der Waals surface area contributed by atoms with E-state index >= 15 is 0 Å². The normalized spacial score (nSPS) is 20.6. The van der Waals surface area contributed by atoms with E-state index in [0.29, 0.717) is 17.5 Å². The van der Waals surface area contributed by atoms with E-state index in [-0.39, 0.29) is 18.6 Å². The van der Waals surface area contributed by atoms with Crippen molar-refractivity contribution in [3.63, 3.8) is 0 Å². The molecule has 1 heterocycles. The molecule has 0 aliphatic carbocycles. The third-order valence-electron chi connectivity index (χ3n) is 3.96. The molecular weight excluding hydrogens is 292 g/mol. The van der Waals surface area contributed by atoms with E-state index in [0.717, 1.165) is 31.4 Å². The van der Waals surface area contributed by atoms with Crippen molar-refractivity contribution in [1.29, 1.82) is 0 Å². The number of rotatable bonds is 7. The van der Waals surface area contributed by atoms with Gasteiger partial charge in [-0.3, -0.25) is 4.79 Å². The summed E-state index contributed by atoms with van der Waals surface area (Å²) in [5.41, 5.74) is 1.09. The molecule has 23 heavy (non-hydrogen) atoms. The van der Waals surface area contributed by atoms with Crippen molar-refractivity contribution in [2.24, 2.45) is 0 Å². The minimum absolute atomic E-state index is 0.00449. The lowest BCUT2D eigenvalue weighted by Crippen LogP contribution is -2.47. The Balaban J connectivity index is 1.87. The van der Waals surface area contributed by atoms with Gasteiger partial charge in [-0.2, -0.15) is 0 Å². The summed E-state index contributed by atoms with van der Waals surface area (Å²) in [6.07, 6.45) is 4.51. The van der Waals surface area contributed by atoms with Crippen LogP contribution >= 0.6 is 0 Å². The predicted molar refractivity (Wildman–Crippen MR) is 91.0 cm³/mol. The third-order valence-corrected chi connectivity index (χ3v) is 3.96. The molecule has 5 heteroatoms. The summed E-state index contributed by atoms with van der Waals surface area (Å²) in [7, 11) is 1.59. The summed E-state index contributed by atoms with van der Waals surface area (Å²) in [5.74, 6) is 1.11. The number of hydrogen-bond acceptors (Lipinski definition) is 4. The van der Waals surface area contributed by atoms with E-state index in [1.807, 2.05) is 24.3 Å². The molecule has 0 radical (unpaired) electrons. The number of benzene rings is 1. The first kappa shape index (κ1) is 17.3. The lowest BCUT2D eigenvalue weighted by atomic mass is 10.0. The Morgan fingerprint density at radius 2 is 2.30 bits per heavy atom. The fourth-order valence-electron chi connectivity index (χ4n) is 2.80. The Bertz CT molecular complexity index is 545. The monoisotopic (exact) mass is 318 g/mol. The summed E-state index contributed by atoms with van der Waals surface area (Å²) in [6.45, 7) is 6.79. The first-order chi connectivity index (χ1) is 11.1. The standard InChI is InChI=1S/C18H26N2O3/c1-4-5-14-6-7-16(17(11-14)22-3)23-12-18(21)20-15-8-9-19-13(2)10-15/h4,6-7,11,13,15,19H,1,5,8-10,12H2,2-3H3,(H,20,21). The average molecular weight is 318 g/mol. The van der Waals surface area contributed by atoms with Crippen molar-refractivity contribution in [3.8, 4) is 11.5 Å². The molecule has 1 aromatic carbocycles. The highest BCUT2D eigenvalue weighted by Crippen LogP contribution is 2.28. The number of ether oxygens (including phenoxy) is 2. The van der Waals surface area contributed by atoms with Gasteiger partial charge in [0.05, 0.1) is 7.11 Å². The molecule has 126 valence electrons. The van der Waals surface area contributed by atoms with Gasteiger partial charge in [0.1, 0.15) is 0 Å². The number of allylic oxidation sites excluding steroid dienone is 1. The zero-order valence-electron chi connectivity index (χ0n) is 13.9. The quantitative estimate of drug-likeness (QED) is 0.756. The van der Waals surface area contributed by atoms with Crippen molar-refractivity contribution < 1.29 is 14.3 Å². The molecule has 2 atom stereocenters. The van der Waals surface area contributed by atoms with E-state index in [1.54, 1.807) is 7.11 Å². The Labute approximate surface area is 138 Å². The first-order valence-corrected chi connectivity index (χ1v) is 8.05. The molecule has 1 saturated heterocycles. The Morgan fingerprint density at radius 1 is 1.48 bits per heavy atom. The largest absolute Gasteiger partial charge is 0.493 e. The van der Waals surface area contributed by atoms with E-state index in [1.165, 1.54) is 0 Å². The van der Waals surface area contributed by atoms with Crippen LogP contribution in [0.15, 0.2) is 30.9 Å². The van der Waals surface area contributed by atoms with Crippen LogP contribution < -0.4 is 20.1 Å². The minimum atomic E-state index is -0.0960. The number of amides is 1. The number of carbonyl (C=O) groups is 1. The van der Waals surface area contributed by atoms with Crippen LogP contribution in [-0.2, 0) is 11.2 Å². The van der Waals surface area contributed by atoms with Gasteiger partial charge in [0.2, 0.25) is 0 Å². The molecule has 5 nitrogen and oxygen atoms in total. The van der Waals surface area contributed by atoms with Crippen molar-refractivity contribution in [3.05, 3.63) is 36.4 Å². The van der Waals surface area contributed by atoms with Crippen LogP contribution in [0.4, 0.5) is 0 Å². The summed E-state index contributed by atoms with van der Waals surface area (Å²) >= 11 is 0. The molecule has 2 rings (SSSR count). The maximum Gasteiger partial charge on any atom is 0.258 e.